The molecule has 0 aliphatic rings. The molecule has 0 atom stereocenters. The number of rotatable bonds is 5. The Morgan fingerprint density at radius 1 is 1.32 bits per heavy atom. The van der Waals surface area contributed by atoms with Crippen LogP contribution >= 0.6 is 11.6 Å². The second kappa shape index (κ2) is 6.55. The van der Waals surface area contributed by atoms with Crippen molar-refractivity contribution < 1.29 is 4.74 Å². The maximum absolute atomic E-state index is 5.94. The zero-order chi connectivity index (χ0) is 13.7. The van der Waals surface area contributed by atoms with Gasteiger partial charge in [0.25, 0.3) is 0 Å². The van der Waals surface area contributed by atoms with E-state index < -0.39 is 0 Å². The number of nitrogens with zero attached hydrogens (tertiary/aromatic N) is 1. The van der Waals surface area contributed by atoms with Gasteiger partial charge in [-0.25, -0.2) is 4.98 Å². The third-order valence-corrected chi connectivity index (χ3v) is 2.99. The minimum atomic E-state index is 0.633. The van der Waals surface area contributed by atoms with Crippen LogP contribution in [0.5, 0.6) is 11.6 Å². The van der Waals surface area contributed by atoms with Gasteiger partial charge in [0.1, 0.15) is 5.75 Å². The second-order valence-corrected chi connectivity index (χ2v) is 4.70. The fourth-order valence-electron chi connectivity index (χ4n) is 1.74. The molecule has 4 heteroatoms. The molecule has 0 saturated heterocycles. The van der Waals surface area contributed by atoms with E-state index in [0.29, 0.717) is 10.9 Å². The first-order chi connectivity index (χ1) is 9.20. The fraction of sp³-hybridized carbons (Fsp3) is 0.267. The molecular weight excluding hydrogens is 260 g/mol. The first-order valence-electron chi connectivity index (χ1n) is 6.29. The zero-order valence-corrected chi connectivity index (χ0v) is 11.9. The van der Waals surface area contributed by atoms with Crippen LogP contribution in [0.2, 0.25) is 5.02 Å². The van der Waals surface area contributed by atoms with Crippen LogP contribution in [0.1, 0.15) is 18.1 Å². The van der Waals surface area contributed by atoms with E-state index in [1.165, 1.54) is 0 Å². The number of pyridine rings is 1. The highest BCUT2D eigenvalue weighted by atomic mass is 35.5. The molecule has 0 aliphatic carbocycles. The Morgan fingerprint density at radius 3 is 2.89 bits per heavy atom. The molecule has 1 N–H and O–H groups in total. The van der Waals surface area contributed by atoms with Crippen LogP contribution in [0.25, 0.3) is 0 Å². The molecule has 0 unspecified atom stereocenters. The molecular formula is C15H17ClN2O. The van der Waals surface area contributed by atoms with E-state index in [9.17, 15) is 0 Å². The van der Waals surface area contributed by atoms with Gasteiger partial charge in [-0.05, 0) is 43.3 Å². The monoisotopic (exact) mass is 276 g/mol. The number of aryl methyl sites for hydroxylation is 1. The standard InChI is InChI=1S/C15H17ClN2O/c1-3-17-10-12-5-4-8-18-15(12)19-14-7-6-13(16)9-11(14)2/h4-9,17H,3,10H2,1-2H3. The largest absolute Gasteiger partial charge is 0.438 e. The minimum Gasteiger partial charge on any atom is -0.438 e. The van der Waals surface area contributed by atoms with Crippen LogP contribution in [0.4, 0.5) is 0 Å². The van der Waals surface area contributed by atoms with Gasteiger partial charge in [0.2, 0.25) is 5.88 Å². The lowest BCUT2D eigenvalue weighted by Gasteiger charge is -2.12. The zero-order valence-electron chi connectivity index (χ0n) is 11.1. The molecule has 0 saturated carbocycles. The average molecular weight is 277 g/mol. The summed E-state index contributed by atoms with van der Waals surface area (Å²) in [5, 5.41) is 3.98. The number of benzene rings is 1. The van der Waals surface area contributed by atoms with E-state index >= 15 is 0 Å². The molecule has 0 aliphatic heterocycles. The predicted octanol–water partition coefficient (Wildman–Crippen LogP) is 3.95. The van der Waals surface area contributed by atoms with E-state index in [-0.39, 0.29) is 0 Å². The molecule has 19 heavy (non-hydrogen) atoms. The Hall–Kier alpha value is -1.58. The maximum atomic E-state index is 5.94. The summed E-state index contributed by atoms with van der Waals surface area (Å²) in [7, 11) is 0. The highest BCUT2D eigenvalue weighted by molar-refractivity contribution is 6.30. The Bertz CT molecular complexity index is 558. The van der Waals surface area contributed by atoms with Gasteiger partial charge in [0.05, 0.1) is 0 Å². The van der Waals surface area contributed by atoms with E-state index in [4.69, 9.17) is 16.3 Å². The van der Waals surface area contributed by atoms with Crippen molar-refractivity contribution in [3.05, 3.63) is 52.7 Å². The summed E-state index contributed by atoms with van der Waals surface area (Å²) in [5.74, 6) is 1.41. The molecule has 0 radical (unpaired) electrons. The lowest BCUT2D eigenvalue weighted by atomic mass is 10.2. The number of aromatic nitrogens is 1. The van der Waals surface area contributed by atoms with Crippen LogP contribution in [0.3, 0.4) is 0 Å². The smallest absolute Gasteiger partial charge is 0.223 e. The maximum Gasteiger partial charge on any atom is 0.223 e. The van der Waals surface area contributed by atoms with Gasteiger partial charge < -0.3 is 10.1 Å². The minimum absolute atomic E-state index is 0.633. The van der Waals surface area contributed by atoms with Gasteiger partial charge in [0.15, 0.2) is 0 Å². The molecule has 1 heterocycles. The number of hydrogen-bond donors (Lipinski definition) is 1. The third-order valence-electron chi connectivity index (χ3n) is 2.76. The molecule has 0 amide bonds. The third kappa shape index (κ3) is 3.69. The molecule has 0 spiro atoms. The highest BCUT2D eigenvalue weighted by Gasteiger charge is 2.07. The van der Waals surface area contributed by atoms with Crippen LogP contribution in [0, 0.1) is 6.92 Å². The van der Waals surface area contributed by atoms with Crippen molar-refractivity contribution in [3.63, 3.8) is 0 Å². The Labute approximate surface area is 118 Å². The number of ether oxygens (including phenoxy) is 1. The first-order valence-corrected chi connectivity index (χ1v) is 6.67. The summed E-state index contributed by atoms with van der Waals surface area (Å²) in [6, 6.07) is 9.48. The summed E-state index contributed by atoms with van der Waals surface area (Å²) in [4.78, 5) is 4.30. The normalized spacial score (nSPS) is 10.5. The molecule has 1 aromatic carbocycles. The van der Waals surface area contributed by atoms with Crippen LogP contribution in [-0.4, -0.2) is 11.5 Å². The van der Waals surface area contributed by atoms with E-state index in [0.717, 1.165) is 30.0 Å². The van der Waals surface area contributed by atoms with Crippen molar-refractivity contribution in [2.45, 2.75) is 20.4 Å². The molecule has 0 bridgehead atoms. The summed E-state index contributed by atoms with van der Waals surface area (Å²) in [6.07, 6.45) is 1.73. The van der Waals surface area contributed by atoms with Gasteiger partial charge in [-0.3, -0.25) is 0 Å². The van der Waals surface area contributed by atoms with Gasteiger partial charge >= 0.3 is 0 Å². The molecule has 3 nitrogen and oxygen atoms in total. The summed E-state index contributed by atoms with van der Waals surface area (Å²) in [6.45, 7) is 5.69. The Balaban J connectivity index is 2.22. The lowest BCUT2D eigenvalue weighted by molar-refractivity contribution is 0.450. The quantitative estimate of drug-likeness (QED) is 0.898. The average Bonchev–Trinajstić information content (AvgIpc) is 2.41. The molecule has 2 rings (SSSR count). The number of nitrogens with one attached hydrogen (secondary N) is 1. The van der Waals surface area contributed by atoms with Crippen molar-refractivity contribution in [1.29, 1.82) is 0 Å². The first kappa shape index (κ1) is 13.8. The van der Waals surface area contributed by atoms with Crippen molar-refractivity contribution >= 4 is 11.6 Å². The van der Waals surface area contributed by atoms with Gasteiger partial charge in [-0.2, -0.15) is 0 Å². The number of hydrogen-bond acceptors (Lipinski definition) is 3. The van der Waals surface area contributed by atoms with Gasteiger partial charge in [0, 0.05) is 23.3 Å². The van der Waals surface area contributed by atoms with Crippen LogP contribution in [0.15, 0.2) is 36.5 Å². The van der Waals surface area contributed by atoms with Crippen molar-refractivity contribution in [3.8, 4) is 11.6 Å². The Kier molecular flexibility index (Phi) is 4.77. The highest BCUT2D eigenvalue weighted by Crippen LogP contribution is 2.27. The Morgan fingerprint density at radius 2 is 2.16 bits per heavy atom. The summed E-state index contributed by atoms with van der Waals surface area (Å²) in [5.41, 5.74) is 2.03. The van der Waals surface area contributed by atoms with Gasteiger partial charge in [-0.15, -0.1) is 0 Å². The molecule has 1 aromatic heterocycles. The van der Waals surface area contributed by atoms with Crippen molar-refractivity contribution in [1.82, 2.24) is 10.3 Å². The molecule has 0 fully saturated rings. The van der Waals surface area contributed by atoms with E-state index in [1.807, 2.05) is 37.3 Å². The van der Waals surface area contributed by atoms with Crippen LogP contribution < -0.4 is 10.1 Å². The van der Waals surface area contributed by atoms with Crippen molar-refractivity contribution in [2.24, 2.45) is 0 Å². The topological polar surface area (TPSA) is 34.2 Å². The molecule has 2 aromatic rings. The molecule has 100 valence electrons. The second-order valence-electron chi connectivity index (χ2n) is 4.26. The van der Waals surface area contributed by atoms with Crippen LogP contribution in [-0.2, 0) is 6.54 Å². The lowest BCUT2D eigenvalue weighted by Crippen LogP contribution is -2.12. The number of halogens is 1. The van der Waals surface area contributed by atoms with Gasteiger partial charge in [-0.1, -0.05) is 24.6 Å². The summed E-state index contributed by atoms with van der Waals surface area (Å²) < 4.78 is 5.88. The summed E-state index contributed by atoms with van der Waals surface area (Å²) >= 11 is 5.94. The SMILES string of the molecule is CCNCc1cccnc1Oc1ccc(Cl)cc1C. The van der Waals surface area contributed by atoms with Crippen molar-refractivity contribution in [2.75, 3.05) is 6.54 Å². The van der Waals surface area contributed by atoms with E-state index in [2.05, 4.69) is 17.2 Å². The predicted molar refractivity (Wildman–Crippen MR) is 77.9 cm³/mol. The van der Waals surface area contributed by atoms with E-state index in [1.54, 1.807) is 6.20 Å². The fourth-order valence-corrected chi connectivity index (χ4v) is 1.97.